The monoisotopic (exact) mass is 375 g/mol. The molecule has 0 unspecified atom stereocenters. The number of aliphatic hydroxyl groups excluding tert-OH is 1. The fourth-order valence-corrected chi connectivity index (χ4v) is 2.58. The Hall–Kier alpha value is -3.10. The first-order valence-electron chi connectivity index (χ1n) is 7.59. The molecule has 1 aromatic heterocycles. The van der Waals surface area contributed by atoms with Gasteiger partial charge in [0.2, 0.25) is 0 Å². The van der Waals surface area contributed by atoms with E-state index >= 15 is 0 Å². The van der Waals surface area contributed by atoms with Crippen LogP contribution in [0.1, 0.15) is 10.6 Å². The van der Waals surface area contributed by atoms with E-state index in [1.165, 1.54) is 18.4 Å². The maximum Gasteiger partial charge on any atom is 0.291 e. The molecule has 3 amide bonds. The number of carbonyl (C=O) groups is 3. The third kappa shape index (κ3) is 3.61. The van der Waals surface area contributed by atoms with E-state index in [0.29, 0.717) is 11.4 Å². The Morgan fingerprint density at radius 1 is 1.27 bits per heavy atom. The number of benzene rings is 1. The molecule has 2 heterocycles. The number of imide groups is 1. The van der Waals surface area contributed by atoms with Gasteiger partial charge in [-0.2, -0.15) is 0 Å². The van der Waals surface area contributed by atoms with Crippen LogP contribution < -0.4 is 10.6 Å². The van der Waals surface area contributed by atoms with Crippen molar-refractivity contribution in [1.82, 2.24) is 4.90 Å². The zero-order valence-corrected chi connectivity index (χ0v) is 14.1. The van der Waals surface area contributed by atoms with Crippen LogP contribution in [-0.2, 0) is 9.59 Å². The van der Waals surface area contributed by atoms with Gasteiger partial charge in [-0.15, -0.1) is 0 Å². The van der Waals surface area contributed by atoms with Crippen LogP contribution in [0, 0.1) is 0 Å². The van der Waals surface area contributed by atoms with Crippen LogP contribution in [-0.4, -0.2) is 40.9 Å². The third-order valence-electron chi connectivity index (χ3n) is 3.57. The number of furan rings is 1. The average molecular weight is 376 g/mol. The highest BCUT2D eigenvalue weighted by Gasteiger charge is 2.30. The highest BCUT2D eigenvalue weighted by molar-refractivity contribution is 6.34. The van der Waals surface area contributed by atoms with Crippen molar-refractivity contribution >= 4 is 40.7 Å². The van der Waals surface area contributed by atoms with Crippen molar-refractivity contribution in [3.8, 4) is 0 Å². The predicted octanol–water partition coefficient (Wildman–Crippen LogP) is 1.84. The number of hydrogen-bond acceptors (Lipinski definition) is 6. The van der Waals surface area contributed by atoms with Gasteiger partial charge in [-0.3, -0.25) is 19.3 Å². The Morgan fingerprint density at radius 3 is 2.73 bits per heavy atom. The summed E-state index contributed by atoms with van der Waals surface area (Å²) in [5, 5.41) is 14.6. The van der Waals surface area contributed by atoms with Crippen LogP contribution in [0.3, 0.4) is 0 Å². The summed E-state index contributed by atoms with van der Waals surface area (Å²) in [5.74, 6) is -1.33. The zero-order chi connectivity index (χ0) is 18.7. The Labute approximate surface area is 153 Å². The minimum atomic E-state index is -0.532. The van der Waals surface area contributed by atoms with Crippen LogP contribution in [0.4, 0.5) is 11.4 Å². The van der Waals surface area contributed by atoms with Gasteiger partial charge in [-0.25, -0.2) is 0 Å². The summed E-state index contributed by atoms with van der Waals surface area (Å²) < 4.78 is 5.00. The lowest BCUT2D eigenvalue weighted by molar-refractivity contribution is -0.137. The van der Waals surface area contributed by atoms with Gasteiger partial charge in [0.05, 0.1) is 30.1 Å². The van der Waals surface area contributed by atoms with E-state index in [4.69, 9.17) is 21.1 Å². The van der Waals surface area contributed by atoms with Crippen molar-refractivity contribution in [3.63, 3.8) is 0 Å². The van der Waals surface area contributed by atoms with Crippen LogP contribution in [0.15, 0.2) is 52.8 Å². The molecule has 9 heteroatoms. The van der Waals surface area contributed by atoms with Crippen LogP contribution >= 0.6 is 11.6 Å². The van der Waals surface area contributed by atoms with E-state index in [2.05, 4.69) is 10.6 Å². The molecule has 134 valence electrons. The van der Waals surface area contributed by atoms with Crippen LogP contribution in [0.5, 0.6) is 0 Å². The van der Waals surface area contributed by atoms with Gasteiger partial charge in [-0.05, 0) is 30.3 Å². The van der Waals surface area contributed by atoms with Gasteiger partial charge in [0.1, 0.15) is 5.70 Å². The van der Waals surface area contributed by atoms with E-state index in [-0.39, 0.29) is 29.6 Å². The van der Waals surface area contributed by atoms with Gasteiger partial charge in [-0.1, -0.05) is 11.6 Å². The van der Waals surface area contributed by atoms with Crippen LogP contribution in [0.2, 0.25) is 5.02 Å². The number of carbonyl (C=O) groups excluding carboxylic acids is 3. The number of β-amino-alcohol motifs (C(OH)–C–C–N with tert-alkyl or cyclic N) is 1. The molecule has 3 N–H and O–H groups in total. The fraction of sp³-hybridized carbons (Fsp3) is 0.118. The number of anilines is 2. The topological polar surface area (TPSA) is 112 Å². The first-order chi connectivity index (χ1) is 12.5. The molecule has 1 aromatic carbocycles. The number of rotatable bonds is 6. The van der Waals surface area contributed by atoms with Crippen molar-refractivity contribution in [2.24, 2.45) is 0 Å². The second kappa shape index (κ2) is 7.42. The molecular weight excluding hydrogens is 362 g/mol. The van der Waals surface area contributed by atoms with E-state index in [1.54, 1.807) is 18.2 Å². The van der Waals surface area contributed by atoms with Crippen molar-refractivity contribution in [2.45, 2.75) is 0 Å². The molecule has 0 atom stereocenters. The number of nitrogens with zero attached hydrogens (tertiary/aromatic N) is 1. The van der Waals surface area contributed by atoms with Crippen molar-refractivity contribution in [1.29, 1.82) is 0 Å². The summed E-state index contributed by atoms with van der Waals surface area (Å²) in [4.78, 5) is 36.7. The quantitative estimate of drug-likeness (QED) is 0.664. The summed E-state index contributed by atoms with van der Waals surface area (Å²) in [6.07, 6.45) is 2.54. The number of hydrogen-bond donors (Lipinski definition) is 3. The standard InChI is InChI=1S/C17H14ClN3O5/c18-11-8-10(19-13-9-15(23)21(5-6-22)17(13)25)3-4-12(11)20-16(24)14-2-1-7-26-14/h1-4,7-9,19,22H,5-6H2,(H,20,24). The molecule has 0 spiro atoms. The van der Waals surface area contributed by atoms with Gasteiger partial charge >= 0.3 is 0 Å². The van der Waals surface area contributed by atoms with Gasteiger partial charge < -0.3 is 20.2 Å². The zero-order valence-electron chi connectivity index (χ0n) is 13.4. The summed E-state index contributed by atoms with van der Waals surface area (Å²) in [6, 6.07) is 7.77. The molecule has 0 fully saturated rings. The van der Waals surface area contributed by atoms with E-state index in [1.807, 2.05) is 0 Å². The molecule has 0 bridgehead atoms. The summed E-state index contributed by atoms with van der Waals surface area (Å²) >= 11 is 6.16. The SMILES string of the molecule is O=C(Nc1ccc(NC2=CC(=O)N(CCO)C2=O)cc1Cl)c1ccco1. The van der Waals surface area contributed by atoms with Gasteiger partial charge in [0, 0.05) is 11.8 Å². The minimum Gasteiger partial charge on any atom is -0.459 e. The van der Waals surface area contributed by atoms with Crippen molar-refractivity contribution in [2.75, 3.05) is 23.8 Å². The summed E-state index contributed by atoms with van der Waals surface area (Å²) in [6.45, 7) is -0.383. The van der Waals surface area contributed by atoms with E-state index in [0.717, 1.165) is 11.0 Å². The summed E-state index contributed by atoms with van der Waals surface area (Å²) in [5.41, 5.74) is 0.902. The normalized spacial score (nSPS) is 13.8. The molecule has 2 aromatic rings. The van der Waals surface area contributed by atoms with E-state index < -0.39 is 17.7 Å². The highest BCUT2D eigenvalue weighted by atomic mass is 35.5. The van der Waals surface area contributed by atoms with Crippen molar-refractivity contribution in [3.05, 3.63) is 59.2 Å². The maximum atomic E-state index is 12.1. The van der Waals surface area contributed by atoms with E-state index in [9.17, 15) is 14.4 Å². The largest absolute Gasteiger partial charge is 0.459 e. The molecule has 3 rings (SSSR count). The Kier molecular flexibility index (Phi) is 5.06. The molecular formula is C17H14ClN3O5. The molecule has 0 aliphatic carbocycles. The Balaban J connectivity index is 1.70. The second-order valence-corrected chi connectivity index (χ2v) is 5.73. The van der Waals surface area contributed by atoms with Gasteiger partial charge in [0.15, 0.2) is 5.76 Å². The van der Waals surface area contributed by atoms with Gasteiger partial charge in [0.25, 0.3) is 17.7 Å². The molecule has 1 aliphatic rings. The first kappa shape index (κ1) is 17.7. The molecule has 0 saturated heterocycles. The molecule has 8 nitrogen and oxygen atoms in total. The number of nitrogens with one attached hydrogen (secondary N) is 2. The Bertz CT molecular complexity index is 892. The number of aliphatic hydroxyl groups is 1. The molecule has 1 aliphatic heterocycles. The summed E-state index contributed by atoms with van der Waals surface area (Å²) in [7, 11) is 0. The second-order valence-electron chi connectivity index (χ2n) is 5.33. The molecule has 26 heavy (non-hydrogen) atoms. The molecule has 0 saturated carbocycles. The maximum absolute atomic E-state index is 12.1. The lowest BCUT2D eigenvalue weighted by Crippen LogP contribution is -2.34. The number of halogens is 1. The average Bonchev–Trinajstić information content (AvgIpc) is 3.22. The van der Waals surface area contributed by atoms with Crippen molar-refractivity contribution < 1.29 is 23.9 Å². The minimum absolute atomic E-state index is 0.0716. The lowest BCUT2D eigenvalue weighted by Gasteiger charge is -2.14. The highest BCUT2D eigenvalue weighted by Crippen LogP contribution is 2.27. The van der Waals surface area contributed by atoms with Crippen LogP contribution in [0.25, 0.3) is 0 Å². The first-order valence-corrected chi connectivity index (χ1v) is 7.97. The molecule has 0 radical (unpaired) electrons. The third-order valence-corrected chi connectivity index (χ3v) is 3.89. The number of amides is 3. The fourth-order valence-electron chi connectivity index (χ4n) is 2.35. The smallest absolute Gasteiger partial charge is 0.291 e. The lowest BCUT2D eigenvalue weighted by atomic mass is 10.2. The predicted molar refractivity (Wildman–Crippen MR) is 93.6 cm³/mol. The Morgan fingerprint density at radius 2 is 2.08 bits per heavy atom.